The Morgan fingerprint density at radius 3 is 1.84 bits per heavy atom. The molecule has 1 nitrogen and oxygen atoms in total. The van der Waals surface area contributed by atoms with Crippen LogP contribution >= 0.6 is 0 Å². The van der Waals surface area contributed by atoms with E-state index in [9.17, 15) is 0 Å². The van der Waals surface area contributed by atoms with Gasteiger partial charge in [-0.2, -0.15) is 0 Å². The number of hydrogen-bond acceptors (Lipinski definition) is 1. The van der Waals surface area contributed by atoms with Gasteiger partial charge in [0, 0.05) is 6.61 Å². The standard InChI is InChI=1S/C24H30O/c1-3-5-19-6-10-21(11-7-19)23-14-16-24(17-15-23)22-12-8-20(9-13-22)18-25-4-2/h3,5-13,23-24H,4,14-18H2,1-2H3/b5-3-/t23-,24-. The quantitative estimate of drug-likeness (QED) is 0.571. The van der Waals surface area contributed by atoms with Crippen LogP contribution in [0.1, 0.15) is 73.6 Å². The number of rotatable bonds is 6. The monoisotopic (exact) mass is 334 g/mol. The lowest BCUT2D eigenvalue weighted by atomic mass is 9.76. The third-order valence-corrected chi connectivity index (χ3v) is 5.42. The molecule has 0 atom stereocenters. The van der Waals surface area contributed by atoms with Gasteiger partial charge in [0.05, 0.1) is 6.61 Å². The van der Waals surface area contributed by atoms with Crippen molar-refractivity contribution in [3.63, 3.8) is 0 Å². The van der Waals surface area contributed by atoms with E-state index in [-0.39, 0.29) is 0 Å². The molecule has 0 heterocycles. The van der Waals surface area contributed by atoms with Crippen LogP contribution in [0.4, 0.5) is 0 Å². The molecule has 0 aromatic heterocycles. The van der Waals surface area contributed by atoms with E-state index in [1.54, 1.807) is 0 Å². The van der Waals surface area contributed by atoms with Gasteiger partial charge in [-0.25, -0.2) is 0 Å². The first-order chi connectivity index (χ1) is 12.3. The van der Waals surface area contributed by atoms with Crippen LogP contribution in [0.3, 0.4) is 0 Å². The van der Waals surface area contributed by atoms with E-state index in [0.29, 0.717) is 0 Å². The molecule has 0 N–H and O–H groups in total. The van der Waals surface area contributed by atoms with Crippen LogP contribution in [0.2, 0.25) is 0 Å². The second kappa shape index (κ2) is 9.01. The summed E-state index contributed by atoms with van der Waals surface area (Å²) in [6.07, 6.45) is 9.45. The predicted molar refractivity (Wildman–Crippen MR) is 107 cm³/mol. The Bertz CT molecular complexity index is 658. The molecule has 1 saturated carbocycles. The number of allylic oxidation sites excluding steroid dienone is 1. The molecule has 2 aromatic rings. The molecule has 2 aromatic carbocycles. The molecular formula is C24H30O. The van der Waals surface area contributed by atoms with Crippen LogP contribution in [0, 0.1) is 0 Å². The molecule has 0 saturated heterocycles. The average Bonchev–Trinajstić information content (AvgIpc) is 2.68. The summed E-state index contributed by atoms with van der Waals surface area (Å²) in [4.78, 5) is 0. The Labute approximate surface area is 152 Å². The minimum Gasteiger partial charge on any atom is -0.377 e. The summed E-state index contributed by atoms with van der Waals surface area (Å²) < 4.78 is 5.49. The molecule has 0 radical (unpaired) electrons. The maximum absolute atomic E-state index is 5.49. The molecule has 0 spiro atoms. The molecule has 1 aliphatic carbocycles. The van der Waals surface area contributed by atoms with Crippen molar-refractivity contribution in [2.75, 3.05) is 6.61 Å². The Kier molecular flexibility index (Phi) is 6.47. The molecule has 25 heavy (non-hydrogen) atoms. The van der Waals surface area contributed by atoms with E-state index < -0.39 is 0 Å². The number of benzene rings is 2. The Hall–Kier alpha value is -1.86. The van der Waals surface area contributed by atoms with Crippen LogP contribution in [0.5, 0.6) is 0 Å². The van der Waals surface area contributed by atoms with Crippen molar-refractivity contribution < 1.29 is 4.74 Å². The predicted octanol–water partition coefficient (Wildman–Crippen LogP) is 6.70. The third-order valence-electron chi connectivity index (χ3n) is 5.42. The maximum atomic E-state index is 5.49. The van der Waals surface area contributed by atoms with Crippen molar-refractivity contribution >= 4 is 6.08 Å². The zero-order valence-corrected chi connectivity index (χ0v) is 15.6. The fourth-order valence-electron chi connectivity index (χ4n) is 3.94. The lowest BCUT2D eigenvalue weighted by Gasteiger charge is -2.29. The molecule has 1 aliphatic rings. The molecule has 1 fully saturated rings. The van der Waals surface area contributed by atoms with Gasteiger partial charge in [0.2, 0.25) is 0 Å². The second-order valence-corrected chi connectivity index (χ2v) is 7.09. The molecular weight excluding hydrogens is 304 g/mol. The van der Waals surface area contributed by atoms with E-state index in [2.05, 4.69) is 67.6 Å². The zero-order chi connectivity index (χ0) is 17.5. The highest BCUT2D eigenvalue weighted by Crippen LogP contribution is 2.40. The fraction of sp³-hybridized carbons (Fsp3) is 0.417. The van der Waals surface area contributed by atoms with Gasteiger partial charge < -0.3 is 4.74 Å². The van der Waals surface area contributed by atoms with Gasteiger partial charge in [-0.05, 0) is 73.6 Å². The SMILES string of the molecule is C/C=C\c1ccc([C@H]2CC[C@H](c3ccc(COCC)cc3)CC2)cc1. The minimum atomic E-state index is 0.722. The minimum absolute atomic E-state index is 0.722. The van der Waals surface area contributed by atoms with Gasteiger partial charge in [-0.1, -0.05) is 60.7 Å². The zero-order valence-electron chi connectivity index (χ0n) is 15.6. The molecule has 0 bridgehead atoms. The van der Waals surface area contributed by atoms with E-state index in [4.69, 9.17) is 4.74 Å². The lowest BCUT2D eigenvalue weighted by Crippen LogP contribution is -2.12. The topological polar surface area (TPSA) is 9.23 Å². The molecule has 0 unspecified atom stereocenters. The number of ether oxygens (including phenoxy) is 1. The maximum Gasteiger partial charge on any atom is 0.0716 e. The van der Waals surface area contributed by atoms with Crippen molar-refractivity contribution in [3.8, 4) is 0 Å². The van der Waals surface area contributed by atoms with Crippen LogP contribution in [-0.2, 0) is 11.3 Å². The summed E-state index contributed by atoms with van der Waals surface area (Å²) in [5, 5.41) is 0. The molecule has 1 heteroatoms. The molecule has 3 rings (SSSR count). The highest BCUT2D eigenvalue weighted by atomic mass is 16.5. The molecule has 0 amide bonds. The normalized spacial score (nSPS) is 20.9. The van der Waals surface area contributed by atoms with Crippen LogP contribution < -0.4 is 0 Å². The van der Waals surface area contributed by atoms with E-state index in [1.165, 1.54) is 47.9 Å². The summed E-state index contributed by atoms with van der Waals surface area (Å²) in [6, 6.07) is 18.2. The van der Waals surface area contributed by atoms with Crippen LogP contribution in [0.15, 0.2) is 54.6 Å². The first-order valence-corrected chi connectivity index (χ1v) is 9.69. The Morgan fingerprint density at radius 2 is 1.36 bits per heavy atom. The van der Waals surface area contributed by atoms with E-state index in [0.717, 1.165) is 25.0 Å². The fourth-order valence-corrected chi connectivity index (χ4v) is 3.94. The van der Waals surface area contributed by atoms with Gasteiger partial charge in [0.1, 0.15) is 0 Å². The highest BCUT2D eigenvalue weighted by molar-refractivity contribution is 5.49. The van der Waals surface area contributed by atoms with Crippen molar-refractivity contribution in [2.24, 2.45) is 0 Å². The van der Waals surface area contributed by atoms with Crippen LogP contribution in [0.25, 0.3) is 6.08 Å². The Morgan fingerprint density at radius 1 is 0.840 bits per heavy atom. The van der Waals surface area contributed by atoms with Crippen LogP contribution in [-0.4, -0.2) is 6.61 Å². The Balaban J connectivity index is 1.56. The van der Waals surface area contributed by atoms with Crippen molar-refractivity contribution in [1.29, 1.82) is 0 Å². The molecule has 132 valence electrons. The van der Waals surface area contributed by atoms with Gasteiger partial charge >= 0.3 is 0 Å². The third kappa shape index (κ3) is 4.83. The summed E-state index contributed by atoms with van der Waals surface area (Å²) in [6.45, 7) is 5.62. The smallest absolute Gasteiger partial charge is 0.0716 e. The summed E-state index contributed by atoms with van der Waals surface area (Å²) in [5.74, 6) is 1.45. The van der Waals surface area contributed by atoms with E-state index >= 15 is 0 Å². The van der Waals surface area contributed by atoms with Crippen molar-refractivity contribution in [1.82, 2.24) is 0 Å². The summed E-state index contributed by atoms with van der Waals surface area (Å²) in [7, 11) is 0. The summed E-state index contributed by atoms with van der Waals surface area (Å²) >= 11 is 0. The molecule has 0 aliphatic heterocycles. The van der Waals surface area contributed by atoms with Gasteiger partial charge in [0.15, 0.2) is 0 Å². The van der Waals surface area contributed by atoms with Gasteiger partial charge in [-0.15, -0.1) is 0 Å². The highest BCUT2D eigenvalue weighted by Gasteiger charge is 2.23. The largest absolute Gasteiger partial charge is 0.377 e. The van der Waals surface area contributed by atoms with Crippen molar-refractivity contribution in [3.05, 3.63) is 76.9 Å². The average molecular weight is 335 g/mol. The lowest BCUT2D eigenvalue weighted by molar-refractivity contribution is 0.134. The van der Waals surface area contributed by atoms with Gasteiger partial charge in [0.25, 0.3) is 0 Å². The first-order valence-electron chi connectivity index (χ1n) is 9.69. The van der Waals surface area contributed by atoms with E-state index in [1.807, 2.05) is 6.92 Å². The van der Waals surface area contributed by atoms with Crippen molar-refractivity contribution in [2.45, 2.75) is 58.0 Å². The number of hydrogen-bond donors (Lipinski definition) is 0. The first kappa shape index (κ1) is 17.9. The summed E-state index contributed by atoms with van der Waals surface area (Å²) in [5.41, 5.74) is 5.59. The second-order valence-electron chi connectivity index (χ2n) is 7.09. The van der Waals surface area contributed by atoms with Gasteiger partial charge in [-0.3, -0.25) is 0 Å².